The van der Waals surface area contributed by atoms with E-state index in [1.54, 1.807) is 12.4 Å². The first-order valence-corrected chi connectivity index (χ1v) is 6.68. The molecule has 0 aliphatic heterocycles. The molecule has 2 atom stereocenters. The third kappa shape index (κ3) is 3.22. The van der Waals surface area contributed by atoms with Crippen molar-refractivity contribution in [1.29, 1.82) is 0 Å². The van der Waals surface area contributed by atoms with Gasteiger partial charge in [0.15, 0.2) is 0 Å². The third-order valence-electron chi connectivity index (χ3n) is 3.43. The fraction of sp³-hybridized carbons (Fsp3) is 0.571. The van der Waals surface area contributed by atoms with Gasteiger partial charge in [-0.1, -0.05) is 13.8 Å². The van der Waals surface area contributed by atoms with E-state index < -0.39 is 0 Å². The second-order valence-electron chi connectivity index (χ2n) is 5.03. The van der Waals surface area contributed by atoms with Gasteiger partial charge in [-0.15, -0.1) is 0 Å². The van der Waals surface area contributed by atoms with Crippen molar-refractivity contribution in [2.75, 3.05) is 18.4 Å². The van der Waals surface area contributed by atoms with Crippen LogP contribution in [0.4, 0.5) is 5.69 Å². The SMILES string of the molecule is CCCNc1ccncc1C(=O)NCC1CC1C. The van der Waals surface area contributed by atoms with Gasteiger partial charge in [-0.3, -0.25) is 9.78 Å². The number of aromatic nitrogens is 1. The van der Waals surface area contributed by atoms with Crippen LogP contribution < -0.4 is 10.6 Å². The van der Waals surface area contributed by atoms with Crippen LogP contribution in [0, 0.1) is 11.8 Å². The molecule has 2 rings (SSSR count). The van der Waals surface area contributed by atoms with E-state index in [2.05, 4.69) is 29.5 Å². The van der Waals surface area contributed by atoms with Crippen molar-refractivity contribution >= 4 is 11.6 Å². The van der Waals surface area contributed by atoms with E-state index in [4.69, 9.17) is 0 Å². The van der Waals surface area contributed by atoms with Crippen molar-refractivity contribution in [3.8, 4) is 0 Å². The van der Waals surface area contributed by atoms with Gasteiger partial charge >= 0.3 is 0 Å². The van der Waals surface area contributed by atoms with E-state index >= 15 is 0 Å². The molecule has 18 heavy (non-hydrogen) atoms. The number of nitrogens with one attached hydrogen (secondary N) is 2. The Morgan fingerprint density at radius 3 is 3.00 bits per heavy atom. The molecule has 0 aromatic carbocycles. The highest BCUT2D eigenvalue weighted by atomic mass is 16.1. The van der Waals surface area contributed by atoms with E-state index in [0.717, 1.165) is 31.1 Å². The number of amides is 1. The summed E-state index contributed by atoms with van der Waals surface area (Å²) in [6.07, 6.45) is 5.60. The lowest BCUT2D eigenvalue weighted by Gasteiger charge is -2.10. The van der Waals surface area contributed by atoms with Crippen LogP contribution in [-0.4, -0.2) is 24.0 Å². The Balaban J connectivity index is 1.95. The summed E-state index contributed by atoms with van der Waals surface area (Å²) in [7, 11) is 0. The second kappa shape index (κ2) is 5.85. The minimum absolute atomic E-state index is 0.0270. The lowest BCUT2D eigenvalue weighted by Crippen LogP contribution is -2.27. The topological polar surface area (TPSA) is 54.0 Å². The number of rotatable bonds is 6. The molecule has 4 nitrogen and oxygen atoms in total. The zero-order valence-corrected chi connectivity index (χ0v) is 11.1. The highest BCUT2D eigenvalue weighted by molar-refractivity contribution is 5.99. The number of hydrogen-bond acceptors (Lipinski definition) is 3. The van der Waals surface area contributed by atoms with Gasteiger partial charge in [0.25, 0.3) is 5.91 Å². The summed E-state index contributed by atoms with van der Waals surface area (Å²) < 4.78 is 0. The Morgan fingerprint density at radius 2 is 2.33 bits per heavy atom. The minimum atomic E-state index is -0.0270. The predicted molar refractivity (Wildman–Crippen MR) is 72.6 cm³/mol. The number of hydrogen-bond donors (Lipinski definition) is 2. The molecule has 4 heteroatoms. The Labute approximate surface area is 108 Å². The summed E-state index contributed by atoms with van der Waals surface area (Å²) >= 11 is 0. The summed E-state index contributed by atoms with van der Waals surface area (Å²) in [5.74, 6) is 1.40. The maximum absolute atomic E-state index is 12.1. The van der Waals surface area contributed by atoms with E-state index in [0.29, 0.717) is 11.5 Å². The van der Waals surface area contributed by atoms with Crippen LogP contribution in [0.1, 0.15) is 37.0 Å². The third-order valence-corrected chi connectivity index (χ3v) is 3.43. The van der Waals surface area contributed by atoms with Gasteiger partial charge in [-0.25, -0.2) is 0 Å². The second-order valence-corrected chi connectivity index (χ2v) is 5.03. The number of anilines is 1. The number of carbonyl (C=O) groups excluding carboxylic acids is 1. The summed E-state index contributed by atoms with van der Waals surface area (Å²) in [5.41, 5.74) is 1.51. The van der Waals surface area contributed by atoms with Gasteiger partial charge in [-0.2, -0.15) is 0 Å². The zero-order chi connectivity index (χ0) is 13.0. The predicted octanol–water partition coefficient (Wildman–Crippen LogP) is 2.29. The Morgan fingerprint density at radius 1 is 1.56 bits per heavy atom. The fourth-order valence-corrected chi connectivity index (χ4v) is 1.99. The molecule has 0 saturated heterocycles. The molecule has 1 amide bonds. The van der Waals surface area contributed by atoms with Crippen LogP contribution in [0.2, 0.25) is 0 Å². The van der Waals surface area contributed by atoms with Crippen LogP contribution in [0.5, 0.6) is 0 Å². The molecule has 98 valence electrons. The first kappa shape index (κ1) is 12.9. The van der Waals surface area contributed by atoms with Gasteiger partial charge in [0.2, 0.25) is 0 Å². The smallest absolute Gasteiger partial charge is 0.254 e. The summed E-state index contributed by atoms with van der Waals surface area (Å²) in [6.45, 7) is 5.96. The first-order chi connectivity index (χ1) is 8.72. The molecule has 1 aliphatic rings. The molecule has 1 heterocycles. The van der Waals surface area contributed by atoms with Crippen molar-refractivity contribution in [3.05, 3.63) is 24.0 Å². The van der Waals surface area contributed by atoms with Crippen molar-refractivity contribution < 1.29 is 4.79 Å². The Kier molecular flexibility index (Phi) is 4.18. The molecule has 2 unspecified atom stereocenters. The van der Waals surface area contributed by atoms with Crippen molar-refractivity contribution in [2.45, 2.75) is 26.7 Å². The molecule has 1 aromatic rings. The highest BCUT2D eigenvalue weighted by Gasteiger charge is 2.32. The van der Waals surface area contributed by atoms with Crippen LogP contribution in [0.25, 0.3) is 0 Å². The molecular weight excluding hydrogens is 226 g/mol. The molecular formula is C14H21N3O. The van der Waals surface area contributed by atoms with Crippen LogP contribution in [-0.2, 0) is 0 Å². The summed E-state index contributed by atoms with van der Waals surface area (Å²) in [4.78, 5) is 16.1. The minimum Gasteiger partial charge on any atom is -0.384 e. The average molecular weight is 247 g/mol. The van der Waals surface area contributed by atoms with Crippen LogP contribution in [0.3, 0.4) is 0 Å². The van der Waals surface area contributed by atoms with Gasteiger partial charge in [0, 0.05) is 25.5 Å². The molecule has 1 aliphatic carbocycles. The largest absolute Gasteiger partial charge is 0.384 e. The van der Waals surface area contributed by atoms with Crippen molar-refractivity contribution in [1.82, 2.24) is 10.3 Å². The van der Waals surface area contributed by atoms with E-state index in [9.17, 15) is 4.79 Å². The molecule has 1 fully saturated rings. The number of carbonyl (C=O) groups is 1. The normalized spacial score (nSPS) is 21.4. The van der Waals surface area contributed by atoms with Gasteiger partial charge < -0.3 is 10.6 Å². The maximum Gasteiger partial charge on any atom is 0.254 e. The molecule has 2 N–H and O–H groups in total. The summed E-state index contributed by atoms with van der Waals surface area (Å²) in [5, 5.41) is 6.24. The average Bonchev–Trinajstić information content (AvgIpc) is 3.10. The molecule has 1 aromatic heterocycles. The first-order valence-electron chi connectivity index (χ1n) is 6.68. The van der Waals surface area contributed by atoms with Crippen LogP contribution in [0.15, 0.2) is 18.5 Å². The molecule has 1 saturated carbocycles. The van der Waals surface area contributed by atoms with E-state index in [1.807, 2.05) is 6.07 Å². The van der Waals surface area contributed by atoms with Gasteiger partial charge in [0.1, 0.15) is 0 Å². The molecule has 0 radical (unpaired) electrons. The fourth-order valence-electron chi connectivity index (χ4n) is 1.99. The number of nitrogens with zero attached hydrogens (tertiary/aromatic N) is 1. The lowest BCUT2D eigenvalue weighted by molar-refractivity contribution is 0.0952. The van der Waals surface area contributed by atoms with E-state index in [-0.39, 0.29) is 5.91 Å². The van der Waals surface area contributed by atoms with E-state index in [1.165, 1.54) is 6.42 Å². The van der Waals surface area contributed by atoms with Crippen molar-refractivity contribution in [2.24, 2.45) is 11.8 Å². The quantitative estimate of drug-likeness (QED) is 0.811. The van der Waals surface area contributed by atoms with Crippen LogP contribution >= 0.6 is 0 Å². The zero-order valence-electron chi connectivity index (χ0n) is 11.1. The van der Waals surface area contributed by atoms with Gasteiger partial charge in [0.05, 0.1) is 11.3 Å². The highest BCUT2D eigenvalue weighted by Crippen LogP contribution is 2.36. The molecule has 0 spiro atoms. The Hall–Kier alpha value is -1.58. The standard InChI is InChI=1S/C14H21N3O/c1-3-5-16-13-4-6-15-9-12(13)14(18)17-8-11-7-10(11)2/h4,6,9-11H,3,5,7-8H2,1-2H3,(H,15,16)(H,17,18). The van der Waals surface area contributed by atoms with Gasteiger partial charge in [-0.05, 0) is 30.7 Å². The summed E-state index contributed by atoms with van der Waals surface area (Å²) in [6, 6.07) is 1.85. The Bertz CT molecular complexity index is 419. The number of pyridine rings is 1. The maximum atomic E-state index is 12.1. The molecule has 0 bridgehead atoms. The van der Waals surface area contributed by atoms with Crippen molar-refractivity contribution in [3.63, 3.8) is 0 Å². The lowest BCUT2D eigenvalue weighted by atomic mass is 10.2. The monoisotopic (exact) mass is 247 g/mol.